The number of rotatable bonds is 5. The lowest BCUT2D eigenvalue weighted by molar-refractivity contribution is -0.137. The number of aromatic nitrogens is 3. The first-order valence-corrected chi connectivity index (χ1v) is 9.90. The molecule has 0 fully saturated rings. The maximum Gasteiger partial charge on any atom is 0.417 e. The third kappa shape index (κ3) is 4.92. The van der Waals surface area contributed by atoms with E-state index in [9.17, 15) is 26.9 Å². The van der Waals surface area contributed by atoms with Gasteiger partial charge in [-0.25, -0.2) is 14.2 Å². The number of benzene rings is 1. The average molecular weight is 477 g/mol. The highest BCUT2D eigenvalue weighted by molar-refractivity contribution is 7.90. The SMILES string of the molecule is CNc1nc(=O)n([S+]([O-])c2ccc(Oc3ncc(C(F)(F)F)cc3Cl)cc2C)cc1F. The molecule has 0 radical (unpaired) electrons. The minimum Gasteiger partial charge on any atom is -0.587 e. The van der Waals surface area contributed by atoms with Crippen LogP contribution in [0, 0.1) is 12.7 Å². The van der Waals surface area contributed by atoms with Gasteiger partial charge in [-0.15, -0.1) is 3.97 Å². The van der Waals surface area contributed by atoms with E-state index in [0.29, 0.717) is 21.8 Å². The Balaban J connectivity index is 1.87. The molecule has 7 nitrogen and oxygen atoms in total. The Kier molecular flexibility index (Phi) is 6.43. The molecule has 0 saturated heterocycles. The second-order valence-corrected chi connectivity index (χ2v) is 7.82. The van der Waals surface area contributed by atoms with Crippen LogP contribution in [0.4, 0.5) is 23.4 Å². The number of aryl methyl sites for hydroxylation is 1. The van der Waals surface area contributed by atoms with Crippen molar-refractivity contribution < 1.29 is 26.9 Å². The Labute approximate surface area is 181 Å². The molecule has 3 rings (SSSR count). The van der Waals surface area contributed by atoms with Crippen molar-refractivity contribution >= 4 is 28.8 Å². The highest BCUT2D eigenvalue weighted by atomic mass is 35.5. The average Bonchev–Trinajstić information content (AvgIpc) is 2.69. The van der Waals surface area contributed by atoms with Crippen LogP contribution in [0.3, 0.4) is 0 Å². The summed E-state index contributed by atoms with van der Waals surface area (Å²) >= 11 is 3.71. The summed E-state index contributed by atoms with van der Waals surface area (Å²) in [5, 5.41) is 2.06. The summed E-state index contributed by atoms with van der Waals surface area (Å²) in [5.41, 5.74) is -1.56. The number of hydrogen-bond acceptors (Lipinski definition) is 6. The van der Waals surface area contributed by atoms with Crippen molar-refractivity contribution in [1.82, 2.24) is 13.9 Å². The van der Waals surface area contributed by atoms with E-state index in [1.54, 1.807) is 6.92 Å². The van der Waals surface area contributed by atoms with Gasteiger partial charge in [0, 0.05) is 18.8 Å². The molecular formula is C18H13ClF4N4O3S. The predicted octanol–water partition coefficient (Wildman–Crippen LogP) is 4.16. The van der Waals surface area contributed by atoms with E-state index in [4.69, 9.17) is 16.3 Å². The number of ether oxygens (including phenoxy) is 1. The molecule has 31 heavy (non-hydrogen) atoms. The summed E-state index contributed by atoms with van der Waals surface area (Å²) in [6, 6.07) is 4.81. The summed E-state index contributed by atoms with van der Waals surface area (Å²) in [6.07, 6.45) is -3.25. The van der Waals surface area contributed by atoms with Crippen LogP contribution in [0.25, 0.3) is 0 Å². The molecule has 1 aromatic carbocycles. The van der Waals surface area contributed by atoms with Crippen LogP contribution in [0.5, 0.6) is 11.6 Å². The van der Waals surface area contributed by atoms with Gasteiger partial charge in [0.05, 0.1) is 5.56 Å². The fourth-order valence-electron chi connectivity index (χ4n) is 2.47. The lowest BCUT2D eigenvalue weighted by atomic mass is 10.2. The topological polar surface area (TPSA) is 92.1 Å². The summed E-state index contributed by atoms with van der Waals surface area (Å²) in [4.78, 5) is 19.3. The summed E-state index contributed by atoms with van der Waals surface area (Å²) in [7, 11) is 1.38. The third-order valence-corrected chi connectivity index (χ3v) is 5.68. The molecule has 0 bridgehead atoms. The van der Waals surface area contributed by atoms with Crippen LogP contribution in [0.15, 0.2) is 46.3 Å². The van der Waals surface area contributed by atoms with Gasteiger partial charge in [0.1, 0.15) is 28.3 Å². The molecule has 0 spiro atoms. The Bertz CT molecular complexity index is 1190. The normalized spacial score (nSPS) is 12.5. The molecule has 1 unspecified atom stereocenters. The van der Waals surface area contributed by atoms with E-state index in [-0.39, 0.29) is 27.4 Å². The first-order valence-electron chi connectivity index (χ1n) is 8.41. The van der Waals surface area contributed by atoms with Crippen molar-refractivity contribution in [1.29, 1.82) is 0 Å². The van der Waals surface area contributed by atoms with Gasteiger partial charge in [0.15, 0.2) is 16.5 Å². The minimum atomic E-state index is -4.60. The second-order valence-electron chi connectivity index (χ2n) is 6.08. The van der Waals surface area contributed by atoms with E-state index in [2.05, 4.69) is 15.3 Å². The molecule has 0 aliphatic heterocycles. The quantitative estimate of drug-likeness (QED) is 0.439. The molecule has 2 aromatic heterocycles. The lowest BCUT2D eigenvalue weighted by Gasteiger charge is -2.14. The fourth-order valence-corrected chi connectivity index (χ4v) is 3.77. The van der Waals surface area contributed by atoms with Crippen LogP contribution >= 0.6 is 11.6 Å². The largest absolute Gasteiger partial charge is 0.587 e. The molecule has 2 heterocycles. The summed E-state index contributed by atoms with van der Waals surface area (Å²) in [6.45, 7) is 1.55. The number of pyridine rings is 1. The van der Waals surface area contributed by atoms with Gasteiger partial charge in [-0.3, -0.25) is 0 Å². The first-order chi connectivity index (χ1) is 14.5. The maximum absolute atomic E-state index is 13.9. The first kappa shape index (κ1) is 22.8. The second kappa shape index (κ2) is 8.73. The number of nitrogens with zero attached hydrogens (tertiary/aromatic N) is 3. The molecule has 164 valence electrons. The lowest BCUT2D eigenvalue weighted by Crippen LogP contribution is -2.30. The molecule has 0 saturated carbocycles. The van der Waals surface area contributed by atoms with Crippen LogP contribution in [-0.2, 0) is 17.5 Å². The third-order valence-electron chi connectivity index (χ3n) is 3.95. The zero-order valence-corrected chi connectivity index (χ0v) is 17.4. The summed E-state index contributed by atoms with van der Waals surface area (Å²) in [5.74, 6) is -1.25. The van der Waals surface area contributed by atoms with Gasteiger partial charge in [-0.1, -0.05) is 11.6 Å². The molecule has 0 aliphatic rings. The van der Waals surface area contributed by atoms with Crippen molar-refractivity contribution in [3.8, 4) is 11.6 Å². The zero-order chi connectivity index (χ0) is 22.9. The highest BCUT2D eigenvalue weighted by Crippen LogP contribution is 2.35. The fraction of sp³-hybridized carbons (Fsp3) is 0.167. The molecule has 0 aliphatic carbocycles. The smallest absolute Gasteiger partial charge is 0.417 e. The number of alkyl halides is 3. The monoisotopic (exact) mass is 476 g/mol. The molecule has 0 amide bonds. The van der Waals surface area contributed by atoms with Crippen LogP contribution < -0.4 is 15.7 Å². The summed E-state index contributed by atoms with van der Waals surface area (Å²) < 4.78 is 70.9. The number of hydrogen-bond donors (Lipinski definition) is 1. The van der Waals surface area contributed by atoms with Crippen LogP contribution in [0.2, 0.25) is 5.02 Å². The number of anilines is 1. The van der Waals surface area contributed by atoms with Gasteiger partial charge in [-0.05, 0) is 31.2 Å². The van der Waals surface area contributed by atoms with E-state index in [0.717, 1.165) is 6.20 Å². The molecule has 13 heteroatoms. The van der Waals surface area contributed by atoms with Crippen LogP contribution in [0.1, 0.15) is 11.1 Å². The Morgan fingerprint density at radius 1 is 1.29 bits per heavy atom. The van der Waals surface area contributed by atoms with E-state index < -0.39 is 34.6 Å². The van der Waals surface area contributed by atoms with Crippen molar-refractivity contribution in [3.63, 3.8) is 0 Å². The number of nitrogens with one attached hydrogen (secondary N) is 1. The molecular weight excluding hydrogens is 464 g/mol. The van der Waals surface area contributed by atoms with Gasteiger partial charge in [0.25, 0.3) is 0 Å². The molecule has 1 N–H and O–H groups in total. The van der Waals surface area contributed by atoms with Crippen molar-refractivity contribution in [2.75, 3.05) is 12.4 Å². The van der Waals surface area contributed by atoms with E-state index in [1.807, 2.05) is 0 Å². The highest BCUT2D eigenvalue weighted by Gasteiger charge is 2.32. The van der Waals surface area contributed by atoms with Gasteiger partial charge in [0.2, 0.25) is 5.88 Å². The predicted molar refractivity (Wildman–Crippen MR) is 105 cm³/mol. The number of halogens is 5. The van der Waals surface area contributed by atoms with Crippen molar-refractivity contribution in [2.24, 2.45) is 0 Å². The maximum atomic E-state index is 13.9. The Morgan fingerprint density at radius 3 is 2.58 bits per heavy atom. The Hall–Kier alpha value is -2.83. The molecule has 3 aromatic rings. The Morgan fingerprint density at radius 2 is 2.00 bits per heavy atom. The van der Waals surface area contributed by atoms with Gasteiger partial charge < -0.3 is 14.6 Å². The minimum absolute atomic E-state index is 0.148. The van der Waals surface area contributed by atoms with E-state index in [1.165, 1.54) is 25.2 Å². The van der Waals surface area contributed by atoms with Gasteiger partial charge in [-0.2, -0.15) is 18.2 Å². The zero-order valence-electron chi connectivity index (χ0n) is 15.8. The van der Waals surface area contributed by atoms with Crippen LogP contribution in [-0.4, -0.2) is 25.5 Å². The molecule has 1 atom stereocenters. The van der Waals surface area contributed by atoms with Gasteiger partial charge >= 0.3 is 11.9 Å². The standard InChI is InChI=1S/C18H13ClF4N4O3S/c1-9-5-11(30-16-12(19)6-10(7-25-16)18(21,22)23)3-4-14(9)31(29)27-8-13(20)15(24-2)26-17(27)28/h3-8H,1-2H3,(H,24,26,28). The van der Waals surface area contributed by atoms with Crippen molar-refractivity contribution in [3.05, 3.63) is 69.1 Å². The van der Waals surface area contributed by atoms with E-state index >= 15 is 0 Å². The van der Waals surface area contributed by atoms with Crippen molar-refractivity contribution in [2.45, 2.75) is 18.0 Å².